The molecule has 2 aromatic carbocycles. The number of benzene rings is 2. The minimum atomic E-state index is -3.76. The van der Waals surface area contributed by atoms with Crippen LogP contribution in [-0.4, -0.2) is 56.0 Å². The van der Waals surface area contributed by atoms with E-state index in [0.29, 0.717) is 28.9 Å². The number of aromatic nitrogens is 1. The summed E-state index contributed by atoms with van der Waals surface area (Å²) in [5, 5.41) is 1.11. The minimum Gasteiger partial charge on any atom is -0.376 e. The largest absolute Gasteiger partial charge is 0.376 e. The zero-order valence-electron chi connectivity index (χ0n) is 20.0. The molecule has 0 aliphatic carbocycles. The van der Waals surface area contributed by atoms with Crippen LogP contribution in [0, 0.1) is 6.92 Å². The number of hydrogen-bond donors (Lipinski definition) is 0. The van der Waals surface area contributed by atoms with E-state index in [0.717, 1.165) is 28.6 Å². The third-order valence-electron chi connectivity index (χ3n) is 5.98. The van der Waals surface area contributed by atoms with Gasteiger partial charge in [-0.25, -0.2) is 13.4 Å². The molecule has 0 spiro atoms. The molecule has 0 bridgehead atoms. The van der Waals surface area contributed by atoms with Gasteiger partial charge in [-0.05, 0) is 55.7 Å². The first kappa shape index (κ1) is 26.5. The van der Waals surface area contributed by atoms with E-state index >= 15 is 0 Å². The first-order valence-corrected chi connectivity index (χ1v) is 14.2. The number of fused-ring (bicyclic) bond motifs is 1. The Labute approximate surface area is 220 Å². The molecule has 190 valence electrons. The summed E-state index contributed by atoms with van der Waals surface area (Å²) in [4.78, 5) is 20.1. The highest BCUT2D eigenvalue weighted by Crippen LogP contribution is 2.36. The molecule has 1 aliphatic rings. The summed E-state index contributed by atoms with van der Waals surface area (Å²) in [6.45, 7) is 10.5. The fourth-order valence-corrected chi connectivity index (χ4v) is 6.78. The average Bonchev–Trinajstić information content (AvgIpc) is 3.55. The number of sulfonamides is 1. The van der Waals surface area contributed by atoms with E-state index in [1.54, 1.807) is 4.90 Å². The number of hydrogen-bond acceptors (Lipinski definition) is 6. The third kappa shape index (κ3) is 5.40. The fourth-order valence-electron chi connectivity index (χ4n) is 4.08. The predicted octanol–water partition coefficient (Wildman–Crippen LogP) is 5.45. The van der Waals surface area contributed by atoms with Gasteiger partial charge in [0.25, 0.3) is 5.91 Å². The molecule has 1 aliphatic heterocycles. The molecule has 1 unspecified atom stereocenters. The van der Waals surface area contributed by atoms with E-state index < -0.39 is 10.0 Å². The van der Waals surface area contributed by atoms with Crippen molar-refractivity contribution in [2.45, 2.75) is 30.8 Å². The van der Waals surface area contributed by atoms with Crippen molar-refractivity contribution >= 4 is 54.2 Å². The first-order valence-electron chi connectivity index (χ1n) is 11.6. The van der Waals surface area contributed by atoms with Gasteiger partial charge in [0, 0.05) is 25.3 Å². The van der Waals surface area contributed by atoms with Gasteiger partial charge in [-0.15, -0.1) is 13.2 Å². The fraction of sp³-hybridized carbons (Fsp3) is 0.308. The summed E-state index contributed by atoms with van der Waals surface area (Å²) in [7, 11) is -3.76. The normalized spacial score (nSPS) is 15.9. The van der Waals surface area contributed by atoms with Crippen molar-refractivity contribution in [2.24, 2.45) is 0 Å². The minimum absolute atomic E-state index is 0.0934. The highest BCUT2D eigenvalue weighted by atomic mass is 35.5. The van der Waals surface area contributed by atoms with Crippen LogP contribution in [0.15, 0.2) is 66.6 Å². The van der Waals surface area contributed by atoms with Crippen LogP contribution in [-0.2, 0) is 14.8 Å². The first-order chi connectivity index (χ1) is 17.3. The summed E-state index contributed by atoms with van der Waals surface area (Å²) >= 11 is 7.77. The maximum atomic E-state index is 13.7. The Morgan fingerprint density at radius 2 is 1.89 bits per heavy atom. The molecule has 0 N–H and O–H groups in total. The van der Waals surface area contributed by atoms with Crippen molar-refractivity contribution in [2.75, 3.05) is 31.1 Å². The Balaban J connectivity index is 1.67. The van der Waals surface area contributed by atoms with Crippen LogP contribution >= 0.6 is 22.9 Å². The van der Waals surface area contributed by atoms with Crippen molar-refractivity contribution in [3.8, 4) is 0 Å². The lowest BCUT2D eigenvalue weighted by Crippen LogP contribution is -2.37. The van der Waals surface area contributed by atoms with E-state index in [-0.39, 0.29) is 30.0 Å². The molecule has 2 heterocycles. The number of nitrogens with zero attached hydrogens (tertiary/aromatic N) is 3. The molecular formula is C26H28ClN3O4S2. The van der Waals surface area contributed by atoms with Crippen LogP contribution in [0.25, 0.3) is 10.2 Å². The third-order valence-corrected chi connectivity index (χ3v) is 9.36. The van der Waals surface area contributed by atoms with Crippen molar-refractivity contribution in [1.29, 1.82) is 0 Å². The van der Waals surface area contributed by atoms with Crippen molar-refractivity contribution in [3.63, 3.8) is 0 Å². The molecule has 36 heavy (non-hydrogen) atoms. The number of halogens is 1. The second kappa shape index (κ2) is 11.2. The summed E-state index contributed by atoms with van der Waals surface area (Å²) in [6, 6.07) is 9.69. The number of ether oxygens (including phenoxy) is 1. The average molecular weight is 546 g/mol. The zero-order valence-corrected chi connectivity index (χ0v) is 22.4. The molecule has 3 aromatic rings. The highest BCUT2D eigenvalue weighted by Gasteiger charge is 2.28. The van der Waals surface area contributed by atoms with Gasteiger partial charge in [-0.1, -0.05) is 41.2 Å². The maximum Gasteiger partial charge on any atom is 0.260 e. The van der Waals surface area contributed by atoms with Crippen LogP contribution in [0.5, 0.6) is 0 Å². The van der Waals surface area contributed by atoms with Gasteiger partial charge in [-0.3, -0.25) is 9.69 Å². The Kier molecular flexibility index (Phi) is 8.27. The number of carbonyl (C=O) groups excluding carboxylic acids is 1. The van der Waals surface area contributed by atoms with Gasteiger partial charge in [0.15, 0.2) is 5.13 Å². The Morgan fingerprint density at radius 1 is 1.19 bits per heavy atom. The lowest BCUT2D eigenvalue weighted by Gasteiger charge is -2.23. The standard InChI is InChI=1S/C26H28ClN3O4S2/c1-4-14-29(15-5-2)36(32,33)21-11-9-19(10-12-21)25(31)30(17-20-7-6-16-34-20)26-28-23-18(3)8-13-22(27)24(23)35-26/h4-5,8-13,20H,1-2,6-7,14-17H2,3H3. The van der Waals surface area contributed by atoms with Gasteiger partial charge in [0.1, 0.15) is 0 Å². The van der Waals surface area contributed by atoms with Gasteiger partial charge in [0.05, 0.1) is 32.8 Å². The molecule has 10 heteroatoms. The summed E-state index contributed by atoms with van der Waals surface area (Å²) in [5.74, 6) is -0.281. The quantitative estimate of drug-likeness (QED) is 0.317. The Hall–Kier alpha value is -2.56. The molecule has 1 aromatic heterocycles. The van der Waals surface area contributed by atoms with Crippen molar-refractivity contribution in [1.82, 2.24) is 9.29 Å². The molecule has 1 amide bonds. The smallest absolute Gasteiger partial charge is 0.260 e. The number of aryl methyl sites for hydroxylation is 1. The highest BCUT2D eigenvalue weighted by molar-refractivity contribution is 7.89. The predicted molar refractivity (Wildman–Crippen MR) is 146 cm³/mol. The van der Waals surface area contributed by atoms with Crippen LogP contribution in [0.1, 0.15) is 28.8 Å². The number of amides is 1. The molecule has 1 fully saturated rings. The zero-order chi connectivity index (χ0) is 25.9. The van der Waals surface area contributed by atoms with E-state index in [4.69, 9.17) is 21.3 Å². The lowest BCUT2D eigenvalue weighted by molar-refractivity contribution is 0.0917. The topological polar surface area (TPSA) is 79.8 Å². The second-order valence-corrected chi connectivity index (χ2v) is 11.8. The van der Waals surface area contributed by atoms with Crippen LogP contribution < -0.4 is 4.90 Å². The maximum absolute atomic E-state index is 13.7. The molecule has 0 radical (unpaired) electrons. The van der Waals surface area contributed by atoms with Crippen molar-refractivity contribution in [3.05, 3.63) is 77.9 Å². The summed E-state index contributed by atoms with van der Waals surface area (Å²) < 4.78 is 34.0. The molecule has 1 atom stereocenters. The summed E-state index contributed by atoms with van der Waals surface area (Å²) in [6.07, 6.45) is 4.75. The molecule has 4 rings (SSSR count). The van der Waals surface area contributed by atoms with Crippen LogP contribution in [0.4, 0.5) is 5.13 Å². The number of carbonyl (C=O) groups is 1. The van der Waals surface area contributed by atoms with Crippen LogP contribution in [0.3, 0.4) is 0 Å². The second-order valence-electron chi connectivity index (χ2n) is 8.51. The summed E-state index contributed by atoms with van der Waals surface area (Å²) in [5.41, 5.74) is 2.09. The molecular weight excluding hydrogens is 518 g/mol. The molecule has 7 nitrogen and oxygen atoms in total. The van der Waals surface area contributed by atoms with E-state index in [9.17, 15) is 13.2 Å². The lowest BCUT2D eigenvalue weighted by atomic mass is 10.2. The number of rotatable bonds is 10. The monoisotopic (exact) mass is 545 g/mol. The Morgan fingerprint density at radius 3 is 2.47 bits per heavy atom. The number of thiazole rings is 1. The van der Waals surface area contributed by atoms with E-state index in [1.807, 2.05) is 19.1 Å². The molecule has 0 saturated carbocycles. The van der Waals surface area contributed by atoms with Gasteiger partial charge in [-0.2, -0.15) is 4.31 Å². The Bertz CT molecular complexity index is 1330. The number of anilines is 1. The van der Waals surface area contributed by atoms with Crippen LogP contribution in [0.2, 0.25) is 5.02 Å². The van der Waals surface area contributed by atoms with Gasteiger partial charge < -0.3 is 4.74 Å². The van der Waals surface area contributed by atoms with E-state index in [1.165, 1.54) is 52.1 Å². The van der Waals surface area contributed by atoms with E-state index in [2.05, 4.69) is 13.2 Å². The van der Waals surface area contributed by atoms with Crippen molar-refractivity contribution < 1.29 is 17.9 Å². The van der Waals surface area contributed by atoms with Gasteiger partial charge in [0.2, 0.25) is 10.0 Å². The molecule has 1 saturated heterocycles. The SMILES string of the molecule is C=CCN(CC=C)S(=O)(=O)c1ccc(C(=O)N(CC2CCCO2)c2nc3c(C)ccc(Cl)c3s2)cc1. The van der Waals surface area contributed by atoms with Gasteiger partial charge >= 0.3 is 0 Å².